The Morgan fingerprint density at radius 1 is 1.44 bits per heavy atom. The van der Waals surface area contributed by atoms with Crippen molar-refractivity contribution in [3.63, 3.8) is 0 Å². The Bertz CT molecular complexity index is 195. The van der Waals surface area contributed by atoms with Gasteiger partial charge in [0.25, 0.3) is 0 Å². The van der Waals surface area contributed by atoms with Gasteiger partial charge in [-0.2, -0.15) is 0 Å². The predicted octanol–water partition coefficient (Wildman–Crippen LogP) is 0.960. The van der Waals surface area contributed by atoms with Crippen LogP contribution in [-0.4, -0.2) is 43.0 Å². The Hall–Kier alpha value is -0.610. The van der Waals surface area contributed by atoms with E-state index in [-0.39, 0.29) is 11.9 Å². The summed E-state index contributed by atoms with van der Waals surface area (Å²) in [5.41, 5.74) is 5.70. The van der Waals surface area contributed by atoms with E-state index in [2.05, 4.69) is 31.1 Å². The van der Waals surface area contributed by atoms with E-state index in [0.29, 0.717) is 12.5 Å². The first-order chi connectivity index (χ1) is 7.47. The minimum absolute atomic E-state index is 0.00154. The van der Waals surface area contributed by atoms with Crippen LogP contribution in [-0.2, 0) is 4.79 Å². The summed E-state index contributed by atoms with van der Waals surface area (Å²) in [5.74, 6) is 0.0709. The second kappa shape index (κ2) is 8.53. The summed E-state index contributed by atoms with van der Waals surface area (Å²) in [6.07, 6.45) is 2.28. The minimum atomic E-state index is -0.00154. The normalized spacial score (nSPS) is 13.2. The number of carbonyl (C=O) groups excluding carboxylic acids is 1. The number of rotatable bonds is 8. The molecule has 0 bridgehead atoms. The van der Waals surface area contributed by atoms with E-state index in [4.69, 9.17) is 5.73 Å². The fraction of sp³-hybridized carbons (Fsp3) is 0.917. The van der Waals surface area contributed by atoms with Crippen molar-refractivity contribution in [1.29, 1.82) is 0 Å². The third-order valence-corrected chi connectivity index (χ3v) is 2.86. The third-order valence-electron chi connectivity index (χ3n) is 2.86. The molecule has 0 aromatic heterocycles. The number of hydrogen-bond donors (Lipinski definition) is 2. The maximum absolute atomic E-state index is 11.4. The summed E-state index contributed by atoms with van der Waals surface area (Å²) in [4.78, 5) is 13.7. The van der Waals surface area contributed by atoms with Gasteiger partial charge < -0.3 is 16.0 Å². The van der Waals surface area contributed by atoms with Crippen molar-refractivity contribution in [2.75, 3.05) is 20.1 Å². The summed E-state index contributed by atoms with van der Waals surface area (Å²) in [6, 6.07) is 0.558. The molecule has 0 fully saturated rings. The molecule has 0 heterocycles. The largest absolute Gasteiger partial charge is 0.356 e. The highest BCUT2D eigenvalue weighted by Crippen LogP contribution is 1.95. The first-order valence-corrected chi connectivity index (χ1v) is 6.19. The van der Waals surface area contributed by atoms with Crippen molar-refractivity contribution in [1.82, 2.24) is 10.2 Å². The van der Waals surface area contributed by atoms with Gasteiger partial charge >= 0.3 is 0 Å². The quantitative estimate of drug-likeness (QED) is 0.610. The standard InChI is InChI=1S/C12H27N3O/c1-5-11(13)9-12(16)14-7-6-8-15(4)10(2)3/h10-11H,5-9,13H2,1-4H3,(H,14,16). The van der Waals surface area contributed by atoms with E-state index in [0.717, 1.165) is 25.9 Å². The van der Waals surface area contributed by atoms with Crippen LogP contribution in [0.1, 0.15) is 40.0 Å². The van der Waals surface area contributed by atoms with Crippen LogP contribution in [0.3, 0.4) is 0 Å². The third kappa shape index (κ3) is 7.65. The van der Waals surface area contributed by atoms with E-state index in [1.165, 1.54) is 0 Å². The van der Waals surface area contributed by atoms with Gasteiger partial charge in [0.2, 0.25) is 5.91 Å². The monoisotopic (exact) mass is 229 g/mol. The molecular weight excluding hydrogens is 202 g/mol. The Kier molecular flexibility index (Phi) is 8.21. The number of hydrogen-bond acceptors (Lipinski definition) is 3. The molecular formula is C12H27N3O. The second-order valence-corrected chi connectivity index (χ2v) is 4.65. The Labute approximate surface area is 99.6 Å². The van der Waals surface area contributed by atoms with E-state index in [9.17, 15) is 4.79 Å². The molecule has 3 N–H and O–H groups in total. The fourth-order valence-corrected chi connectivity index (χ4v) is 1.27. The highest BCUT2D eigenvalue weighted by molar-refractivity contribution is 5.76. The van der Waals surface area contributed by atoms with Gasteiger partial charge in [-0.3, -0.25) is 4.79 Å². The molecule has 0 aliphatic rings. The van der Waals surface area contributed by atoms with Crippen molar-refractivity contribution < 1.29 is 4.79 Å². The highest BCUT2D eigenvalue weighted by Gasteiger charge is 2.07. The van der Waals surface area contributed by atoms with E-state index < -0.39 is 0 Å². The van der Waals surface area contributed by atoms with Crippen LogP contribution in [0.2, 0.25) is 0 Å². The number of nitrogens with zero attached hydrogens (tertiary/aromatic N) is 1. The summed E-state index contributed by atoms with van der Waals surface area (Å²) in [5, 5.41) is 2.90. The predicted molar refractivity (Wildman–Crippen MR) is 68.3 cm³/mol. The lowest BCUT2D eigenvalue weighted by molar-refractivity contribution is -0.121. The number of amides is 1. The van der Waals surface area contributed by atoms with E-state index in [1.54, 1.807) is 0 Å². The lowest BCUT2D eigenvalue weighted by Crippen LogP contribution is -2.34. The van der Waals surface area contributed by atoms with Gasteiger partial charge in [-0.25, -0.2) is 0 Å². The summed E-state index contributed by atoms with van der Waals surface area (Å²) < 4.78 is 0. The molecule has 0 spiro atoms. The molecule has 0 aromatic carbocycles. The number of carbonyl (C=O) groups is 1. The molecule has 0 saturated heterocycles. The zero-order valence-corrected chi connectivity index (χ0v) is 11.1. The average Bonchev–Trinajstić information content (AvgIpc) is 2.23. The maximum Gasteiger partial charge on any atom is 0.221 e. The van der Waals surface area contributed by atoms with Crippen molar-refractivity contribution in [2.45, 2.75) is 52.1 Å². The SMILES string of the molecule is CCC(N)CC(=O)NCCCN(C)C(C)C. The lowest BCUT2D eigenvalue weighted by Gasteiger charge is -2.20. The van der Waals surface area contributed by atoms with Gasteiger partial charge in [-0.15, -0.1) is 0 Å². The molecule has 0 aliphatic carbocycles. The summed E-state index contributed by atoms with van der Waals surface area (Å²) >= 11 is 0. The summed E-state index contributed by atoms with van der Waals surface area (Å²) in [7, 11) is 2.10. The molecule has 1 amide bonds. The minimum Gasteiger partial charge on any atom is -0.356 e. The van der Waals surface area contributed by atoms with Crippen molar-refractivity contribution in [3.05, 3.63) is 0 Å². The topological polar surface area (TPSA) is 58.4 Å². The van der Waals surface area contributed by atoms with Crippen LogP contribution < -0.4 is 11.1 Å². The Balaban J connectivity index is 3.48. The van der Waals surface area contributed by atoms with E-state index >= 15 is 0 Å². The molecule has 4 heteroatoms. The molecule has 0 saturated carbocycles. The molecule has 0 aromatic rings. The average molecular weight is 229 g/mol. The highest BCUT2D eigenvalue weighted by atomic mass is 16.1. The zero-order chi connectivity index (χ0) is 12.6. The molecule has 96 valence electrons. The van der Waals surface area contributed by atoms with Gasteiger partial charge in [0.15, 0.2) is 0 Å². The van der Waals surface area contributed by atoms with Gasteiger partial charge in [-0.05, 0) is 40.3 Å². The van der Waals surface area contributed by atoms with Crippen LogP contribution in [0.25, 0.3) is 0 Å². The van der Waals surface area contributed by atoms with Crippen LogP contribution >= 0.6 is 0 Å². The maximum atomic E-state index is 11.4. The van der Waals surface area contributed by atoms with Gasteiger partial charge in [-0.1, -0.05) is 6.92 Å². The van der Waals surface area contributed by atoms with Crippen LogP contribution in [0.15, 0.2) is 0 Å². The smallest absolute Gasteiger partial charge is 0.221 e. The Morgan fingerprint density at radius 2 is 2.06 bits per heavy atom. The molecule has 16 heavy (non-hydrogen) atoms. The first-order valence-electron chi connectivity index (χ1n) is 6.19. The molecule has 1 atom stereocenters. The number of nitrogens with two attached hydrogens (primary N) is 1. The Morgan fingerprint density at radius 3 is 2.56 bits per heavy atom. The van der Waals surface area contributed by atoms with Crippen molar-refractivity contribution in [2.24, 2.45) is 5.73 Å². The molecule has 0 rings (SSSR count). The van der Waals surface area contributed by atoms with Crippen molar-refractivity contribution in [3.8, 4) is 0 Å². The van der Waals surface area contributed by atoms with Gasteiger partial charge in [0.05, 0.1) is 0 Å². The fourth-order valence-electron chi connectivity index (χ4n) is 1.27. The zero-order valence-electron chi connectivity index (χ0n) is 11.1. The molecule has 0 aliphatic heterocycles. The molecule has 0 radical (unpaired) electrons. The number of nitrogens with one attached hydrogen (secondary N) is 1. The first kappa shape index (κ1) is 15.4. The van der Waals surface area contributed by atoms with E-state index in [1.807, 2.05) is 6.92 Å². The molecule has 1 unspecified atom stereocenters. The summed E-state index contributed by atoms with van der Waals surface area (Å²) in [6.45, 7) is 8.08. The van der Waals surface area contributed by atoms with Crippen molar-refractivity contribution >= 4 is 5.91 Å². The molecule has 4 nitrogen and oxygen atoms in total. The van der Waals surface area contributed by atoms with Crippen LogP contribution in [0, 0.1) is 0 Å². The lowest BCUT2D eigenvalue weighted by atomic mass is 10.1. The van der Waals surface area contributed by atoms with Gasteiger partial charge in [0.1, 0.15) is 0 Å². The second-order valence-electron chi connectivity index (χ2n) is 4.65. The van der Waals surface area contributed by atoms with Crippen LogP contribution in [0.4, 0.5) is 0 Å². The van der Waals surface area contributed by atoms with Gasteiger partial charge in [0, 0.05) is 25.0 Å². The van der Waals surface area contributed by atoms with Crippen LogP contribution in [0.5, 0.6) is 0 Å².